The van der Waals surface area contributed by atoms with Gasteiger partial charge in [-0.25, -0.2) is 4.98 Å². The van der Waals surface area contributed by atoms with Gasteiger partial charge in [0.15, 0.2) is 11.5 Å². The van der Waals surface area contributed by atoms with E-state index in [9.17, 15) is 0 Å². The number of hydrogen-bond donors (Lipinski definition) is 0. The molecule has 84 valence electrons. The van der Waals surface area contributed by atoms with Gasteiger partial charge in [0.25, 0.3) is 0 Å². The van der Waals surface area contributed by atoms with Gasteiger partial charge in [0.1, 0.15) is 29.2 Å². The molecule has 0 unspecified atom stereocenters. The van der Waals surface area contributed by atoms with Crippen molar-refractivity contribution < 1.29 is 9.47 Å². The Morgan fingerprint density at radius 2 is 2.06 bits per heavy atom. The van der Waals surface area contributed by atoms with Crippen molar-refractivity contribution in [3.63, 3.8) is 0 Å². The van der Waals surface area contributed by atoms with E-state index in [1.54, 1.807) is 6.20 Å². The van der Waals surface area contributed by atoms with Crippen LogP contribution in [-0.4, -0.2) is 18.2 Å². The van der Waals surface area contributed by atoms with E-state index >= 15 is 0 Å². The van der Waals surface area contributed by atoms with Crippen LogP contribution in [0.1, 0.15) is 4.88 Å². The van der Waals surface area contributed by atoms with Gasteiger partial charge in [-0.15, -0.1) is 11.3 Å². The van der Waals surface area contributed by atoms with Crippen LogP contribution in [0.2, 0.25) is 0 Å². The first-order chi connectivity index (χ1) is 8.36. The topological polar surface area (TPSA) is 55.1 Å². The Morgan fingerprint density at radius 3 is 2.82 bits per heavy atom. The minimum atomic E-state index is 0.567. The second kappa shape index (κ2) is 4.07. The van der Waals surface area contributed by atoms with Crippen molar-refractivity contribution in [2.45, 2.75) is 0 Å². The molecule has 0 bridgehead atoms. The van der Waals surface area contributed by atoms with Gasteiger partial charge < -0.3 is 9.47 Å². The highest BCUT2D eigenvalue weighted by atomic mass is 32.1. The molecule has 0 atom stereocenters. The summed E-state index contributed by atoms with van der Waals surface area (Å²) >= 11 is 1.37. The van der Waals surface area contributed by atoms with Gasteiger partial charge in [-0.1, -0.05) is 0 Å². The first kappa shape index (κ1) is 10.1. The molecule has 1 aromatic heterocycles. The maximum absolute atomic E-state index is 8.77. The number of hydrogen-bond acceptors (Lipinski definition) is 5. The fourth-order valence-electron chi connectivity index (χ4n) is 1.64. The monoisotopic (exact) mass is 244 g/mol. The van der Waals surface area contributed by atoms with Gasteiger partial charge in [-0.2, -0.15) is 5.26 Å². The van der Waals surface area contributed by atoms with E-state index in [1.807, 2.05) is 18.2 Å². The molecule has 0 spiro atoms. The minimum absolute atomic E-state index is 0.567. The second-order valence-electron chi connectivity index (χ2n) is 3.50. The molecular formula is C12H8N2O2S. The molecule has 1 aliphatic heterocycles. The summed E-state index contributed by atoms with van der Waals surface area (Å²) in [6.45, 7) is 1.15. The summed E-state index contributed by atoms with van der Waals surface area (Å²) in [4.78, 5) is 4.81. The minimum Gasteiger partial charge on any atom is -0.486 e. The van der Waals surface area contributed by atoms with E-state index in [0.29, 0.717) is 18.1 Å². The summed E-state index contributed by atoms with van der Waals surface area (Å²) in [6, 6.07) is 7.77. The summed E-state index contributed by atoms with van der Waals surface area (Å²) < 4.78 is 11.0. The zero-order valence-electron chi connectivity index (χ0n) is 8.84. The van der Waals surface area contributed by atoms with Crippen LogP contribution in [-0.2, 0) is 0 Å². The van der Waals surface area contributed by atoms with Gasteiger partial charge >= 0.3 is 0 Å². The summed E-state index contributed by atoms with van der Waals surface area (Å²) in [5.41, 5.74) is 0.945. The van der Waals surface area contributed by atoms with E-state index < -0.39 is 0 Å². The fourth-order valence-corrected chi connectivity index (χ4v) is 2.35. The van der Waals surface area contributed by atoms with Crippen LogP contribution in [0.5, 0.6) is 11.5 Å². The van der Waals surface area contributed by atoms with Crippen molar-refractivity contribution in [1.29, 1.82) is 5.26 Å². The summed E-state index contributed by atoms with van der Waals surface area (Å²) in [5.74, 6) is 1.50. The fraction of sp³-hybridized carbons (Fsp3) is 0.167. The number of rotatable bonds is 1. The number of aromatic nitrogens is 1. The summed E-state index contributed by atoms with van der Waals surface area (Å²) in [6.07, 6.45) is 1.58. The Labute approximate surface area is 102 Å². The average molecular weight is 244 g/mol. The van der Waals surface area contributed by atoms with Crippen LogP contribution < -0.4 is 9.47 Å². The molecule has 2 aromatic rings. The van der Waals surface area contributed by atoms with E-state index in [2.05, 4.69) is 11.1 Å². The highest BCUT2D eigenvalue weighted by Gasteiger charge is 2.13. The van der Waals surface area contributed by atoms with E-state index in [1.165, 1.54) is 11.3 Å². The quantitative estimate of drug-likeness (QED) is 0.773. The Kier molecular flexibility index (Phi) is 2.42. The Bertz CT molecular complexity index is 601. The van der Waals surface area contributed by atoms with Crippen molar-refractivity contribution in [3.05, 3.63) is 29.3 Å². The maximum atomic E-state index is 8.77. The number of fused-ring (bicyclic) bond motifs is 1. The maximum Gasteiger partial charge on any atom is 0.162 e. The molecule has 3 rings (SSSR count). The highest BCUT2D eigenvalue weighted by molar-refractivity contribution is 7.15. The van der Waals surface area contributed by atoms with E-state index in [4.69, 9.17) is 14.7 Å². The third-order valence-corrected chi connectivity index (χ3v) is 3.36. The van der Waals surface area contributed by atoms with Crippen molar-refractivity contribution in [2.75, 3.05) is 13.2 Å². The van der Waals surface area contributed by atoms with Crippen LogP contribution >= 0.6 is 11.3 Å². The third kappa shape index (κ3) is 1.83. The SMILES string of the molecule is N#Cc1cnc(-c2ccc3c(c2)OCCO3)s1. The molecule has 0 radical (unpaired) electrons. The van der Waals surface area contributed by atoms with Crippen molar-refractivity contribution in [1.82, 2.24) is 4.98 Å². The molecule has 0 aliphatic carbocycles. The van der Waals surface area contributed by atoms with Crippen LogP contribution in [0.4, 0.5) is 0 Å². The molecule has 17 heavy (non-hydrogen) atoms. The lowest BCUT2D eigenvalue weighted by atomic mass is 10.2. The highest BCUT2D eigenvalue weighted by Crippen LogP contribution is 2.35. The van der Waals surface area contributed by atoms with Crippen LogP contribution in [0.25, 0.3) is 10.6 Å². The predicted octanol–water partition coefficient (Wildman–Crippen LogP) is 2.45. The molecule has 5 heteroatoms. The van der Waals surface area contributed by atoms with Crippen LogP contribution in [0.15, 0.2) is 24.4 Å². The summed E-state index contributed by atoms with van der Waals surface area (Å²) in [7, 11) is 0. The van der Waals surface area contributed by atoms with Crippen molar-refractivity contribution in [2.24, 2.45) is 0 Å². The normalized spacial score (nSPS) is 13.1. The molecule has 0 amide bonds. The first-order valence-corrected chi connectivity index (χ1v) is 5.94. The molecule has 4 nitrogen and oxygen atoms in total. The molecule has 2 heterocycles. The molecule has 1 aromatic carbocycles. The number of nitriles is 1. The molecule has 1 aliphatic rings. The van der Waals surface area contributed by atoms with Gasteiger partial charge in [-0.05, 0) is 18.2 Å². The third-order valence-electron chi connectivity index (χ3n) is 2.41. The van der Waals surface area contributed by atoms with Gasteiger partial charge in [0.2, 0.25) is 0 Å². The molecule has 0 N–H and O–H groups in total. The predicted molar refractivity (Wildman–Crippen MR) is 63.3 cm³/mol. The van der Waals surface area contributed by atoms with Crippen molar-refractivity contribution in [3.8, 4) is 28.1 Å². The molecule has 0 saturated heterocycles. The Morgan fingerprint density at radius 1 is 1.24 bits per heavy atom. The second-order valence-corrected chi connectivity index (χ2v) is 4.53. The summed E-state index contributed by atoms with van der Waals surface area (Å²) in [5, 5.41) is 9.58. The smallest absolute Gasteiger partial charge is 0.162 e. The van der Waals surface area contributed by atoms with E-state index in [-0.39, 0.29) is 0 Å². The standard InChI is InChI=1S/C12H8N2O2S/c13-6-9-7-14-12(17-9)8-1-2-10-11(5-8)16-4-3-15-10/h1-2,5,7H,3-4H2. The van der Waals surface area contributed by atoms with Crippen molar-refractivity contribution >= 4 is 11.3 Å². The Balaban J connectivity index is 2.01. The number of nitrogens with zero attached hydrogens (tertiary/aromatic N) is 2. The lowest BCUT2D eigenvalue weighted by Crippen LogP contribution is -2.15. The zero-order valence-corrected chi connectivity index (χ0v) is 9.66. The molecular weight excluding hydrogens is 236 g/mol. The average Bonchev–Trinajstić information content (AvgIpc) is 2.87. The first-order valence-electron chi connectivity index (χ1n) is 5.13. The lowest BCUT2D eigenvalue weighted by molar-refractivity contribution is 0.171. The van der Waals surface area contributed by atoms with Gasteiger partial charge in [0, 0.05) is 5.56 Å². The number of ether oxygens (including phenoxy) is 2. The van der Waals surface area contributed by atoms with Gasteiger partial charge in [-0.3, -0.25) is 0 Å². The number of thiazole rings is 1. The van der Waals surface area contributed by atoms with Gasteiger partial charge in [0.05, 0.1) is 6.20 Å². The molecule has 0 fully saturated rings. The van der Waals surface area contributed by atoms with Crippen LogP contribution in [0, 0.1) is 11.3 Å². The largest absolute Gasteiger partial charge is 0.486 e. The van der Waals surface area contributed by atoms with E-state index in [0.717, 1.165) is 22.1 Å². The zero-order chi connectivity index (χ0) is 11.7. The lowest BCUT2D eigenvalue weighted by Gasteiger charge is -2.18. The number of benzene rings is 1. The molecule has 0 saturated carbocycles. The Hall–Kier alpha value is -2.06. The van der Waals surface area contributed by atoms with Crippen LogP contribution in [0.3, 0.4) is 0 Å².